The fourth-order valence-electron chi connectivity index (χ4n) is 4.26. The maximum atomic E-state index is 12.1. The van der Waals surface area contributed by atoms with E-state index in [9.17, 15) is 4.79 Å². The summed E-state index contributed by atoms with van der Waals surface area (Å²) >= 11 is 12.5. The summed E-state index contributed by atoms with van der Waals surface area (Å²) in [6, 6.07) is 8.86. The van der Waals surface area contributed by atoms with Crippen LogP contribution in [0.4, 0.5) is 5.69 Å². The minimum Gasteiger partial charge on any atom is -0.490 e. The lowest BCUT2D eigenvalue weighted by molar-refractivity contribution is -0.162. The Balaban J connectivity index is 1.95. The molecule has 2 N–H and O–H groups in total. The summed E-state index contributed by atoms with van der Waals surface area (Å²) in [6.45, 7) is 2.21. The molecule has 1 aliphatic rings. The number of rotatable bonds is 8. The van der Waals surface area contributed by atoms with Gasteiger partial charge < -0.3 is 24.7 Å². The summed E-state index contributed by atoms with van der Waals surface area (Å²) in [5, 5.41) is 0.898. The lowest BCUT2D eigenvalue weighted by Crippen LogP contribution is -2.49. The van der Waals surface area contributed by atoms with E-state index in [-0.39, 0.29) is 23.8 Å². The quantitative estimate of drug-likeness (QED) is 0.333. The lowest BCUT2D eigenvalue weighted by Gasteiger charge is -2.43. The Hall–Kier alpha value is -1.99. The van der Waals surface area contributed by atoms with Crippen LogP contribution in [0.25, 0.3) is 0 Å². The van der Waals surface area contributed by atoms with Crippen LogP contribution in [-0.2, 0) is 26.0 Å². The summed E-state index contributed by atoms with van der Waals surface area (Å²) in [5.74, 6) is -0.149. The molecule has 0 unspecified atom stereocenters. The number of aryl methyl sites for hydroxylation is 1. The first-order chi connectivity index (χ1) is 14.9. The topological polar surface area (TPSA) is 80.0 Å². The highest BCUT2D eigenvalue weighted by Crippen LogP contribution is 2.43. The van der Waals surface area contributed by atoms with Gasteiger partial charge in [0.1, 0.15) is 12.4 Å². The standard InChI is InChI=1S/C23H27Cl2NO5/c1-4-30-21(27)16-11-19(26)20(12-18(16)25)31-13-23(22(28-2)29-3)9-5-6-14-10-15(24)7-8-17(14)23/h7-8,10-12,22H,4-6,9,13,26H2,1-3H3/t23-/m0/s1. The zero-order chi connectivity index (χ0) is 22.6. The van der Waals surface area contributed by atoms with Gasteiger partial charge >= 0.3 is 5.97 Å². The number of anilines is 1. The fourth-order valence-corrected chi connectivity index (χ4v) is 4.69. The Morgan fingerprint density at radius 1 is 1.19 bits per heavy atom. The normalized spacial score (nSPS) is 18.0. The summed E-state index contributed by atoms with van der Waals surface area (Å²) in [5.41, 5.74) is 8.31. The molecule has 8 heteroatoms. The second-order valence-electron chi connectivity index (χ2n) is 7.49. The van der Waals surface area contributed by atoms with Crippen LogP contribution in [0.3, 0.4) is 0 Å². The number of methoxy groups -OCH3 is 2. The van der Waals surface area contributed by atoms with Crippen LogP contribution in [0.15, 0.2) is 30.3 Å². The monoisotopic (exact) mass is 467 g/mol. The van der Waals surface area contributed by atoms with Crippen LogP contribution in [0.5, 0.6) is 5.75 Å². The van der Waals surface area contributed by atoms with E-state index in [0.29, 0.717) is 16.5 Å². The molecule has 0 radical (unpaired) electrons. The maximum Gasteiger partial charge on any atom is 0.339 e. The number of benzene rings is 2. The lowest BCUT2D eigenvalue weighted by atomic mass is 9.69. The van der Waals surface area contributed by atoms with Gasteiger partial charge in [0.15, 0.2) is 6.29 Å². The predicted octanol–water partition coefficient (Wildman–Crippen LogP) is 5.02. The van der Waals surface area contributed by atoms with Crippen LogP contribution in [-0.4, -0.2) is 39.7 Å². The molecule has 0 fully saturated rings. The van der Waals surface area contributed by atoms with Gasteiger partial charge in [-0.2, -0.15) is 0 Å². The van der Waals surface area contributed by atoms with Gasteiger partial charge in [0.25, 0.3) is 0 Å². The van der Waals surface area contributed by atoms with Crippen LogP contribution < -0.4 is 10.5 Å². The van der Waals surface area contributed by atoms with Gasteiger partial charge in [-0.05, 0) is 55.5 Å². The number of fused-ring (bicyclic) bond motifs is 1. The van der Waals surface area contributed by atoms with E-state index >= 15 is 0 Å². The first kappa shape index (κ1) is 23.7. The van der Waals surface area contributed by atoms with Crippen molar-refractivity contribution in [2.45, 2.75) is 37.9 Å². The molecule has 6 nitrogen and oxygen atoms in total. The third-order valence-corrected chi connectivity index (χ3v) is 6.18. The van der Waals surface area contributed by atoms with Gasteiger partial charge in [0, 0.05) is 25.3 Å². The Labute approximate surface area is 192 Å². The molecule has 0 heterocycles. The second kappa shape index (κ2) is 10.1. The molecule has 2 aromatic rings. The Kier molecular flexibility index (Phi) is 7.70. The molecule has 168 valence electrons. The molecular formula is C23H27Cl2NO5. The molecule has 0 spiro atoms. The molecule has 0 amide bonds. The van der Waals surface area contributed by atoms with Gasteiger partial charge in [-0.25, -0.2) is 4.79 Å². The number of nitrogens with two attached hydrogens (primary N) is 1. The second-order valence-corrected chi connectivity index (χ2v) is 8.34. The highest BCUT2D eigenvalue weighted by atomic mass is 35.5. The van der Waals surface area contributed by atoms with Gasteiger partial charge in [-0.15, -0.1) is 0 Å². The predicted molar refractivity (Wildman–Crippen MR) is 121 cm³/mol. The van der Waals surface area contributed by atoms with Crippen molar-refractivity contribution in [1.29, 1.82) is 0 Å². The van der Waals surface area contributed by atoms with Crippen LogP contribution in [0.2, 0.25) is 10.0 Å². The van der Waals surface area contributed by atoms with Crippen LogP contribution >= 0.6 is 23.2 Å². The maximum absolute atomic E-state index is 12.1. The van der Waals surface area contributed by atoms with E-state index in [4.69, 9.17) is 47.9 Å². The van der Waals surface area contributed by atoms with Crippen molar-refractivity contribution in [2.75, 3.05) is 33.2 Å². The zero-order valence-corrected chi connectivity index (χ0v) is 19.4. The third-order valence-electron chi connectivity index (χ3n) is 5.63. The largest absolute Gasteiger partial charge is 0.490 e. The van der Waals surface area contributed by atoms with Crippen molar-refractivity contribution < 1.29 is 23.7 Å². The summed E-state index contributed by atoms with van der Waals surface area (Å²) in [4.78, 5) is 12.1. The first-order valence-electron chi connectivity index (χ1n) is 10.1. The van der Waals surface area contributed by atoms with Crippen molar-refractivity contribution in [3.8, 4) is 5.75 Å². The molecule has 0 saturated heterocycles. The van der Waals surface area contributed by atoms with E-state index in [2.05, 4.69) is 0 Å². The minimum absolute atomic E-state index is 0.201. The number of halogens is 2. The number of carbonyl (C=O) groups excluding carboxylic acids is 1. The number of esters is 1. The number of carbonyl (C=O) groups is 1. The minimum atomic E-state index is -0.569. The van der Waals surface area contributed by atoms with Crippen molar-refractivity contribution in [1.82, 2.24) is 0 Å². The van der Waals surface area contributed by atoms with Gasteiger partial charge in [-0.1, -0.05) is 29.3 Å². The first-order valence-corrected chi connectivity index (χ1v) is 10.8. The smallest absolute Gasteiger partial charge is 0.339 e. The van der Waals surface area contributed by atoms with E-state index in [0.717, 1.165) is 30.4 Å². The average molecular weight is 468 g/mol. The molecule has 0 saturated carbocycles. The van der Waals surface area contributed by atoms with Crippen molar-refractivity contribution >= 4 is 34.9 Å². The van der Waals surface area contributed by atoms with Crippen molar-refractivity contribution in [2.24, 2.45) is 0 Å². The number of ether oxygens (including phenoxy) is 4. The highest BCUT2D eigenvalue weighted by molar-refractivity contribution is 6.34. The summed E-state index contributed by atoms with van der Waals surface area (Å²) in [7, 11) is 3.22. The van der Waals surface area contributed by atoms with E-state index in [1.807, 2.05) is 18.2 Å². The van der Waals surface area contributed by atoms with Gasteiger partial charge in [0.2, 0.25) is 0 Å². The van der Waals surface area contributed by atoms with Gasteiger partial charge in [-0.3, -0.25) is 0 Å². The molecule has 3 rings (SSSR count). The van der Waals surface area contributed by atoms with E-state index < -0.39 is 17.7 Å². The van der Waals surface area contributed by atoms with Crippen LogP contribution in [0, 0.1) is 0 Å². The summed E-state index contributed by atoms with van der Waals surface area (Å²) < 4.78 is 22.6. The Morgan fingerprint density at radius 3 is 2.61 bits per heavy atom. The highest BCUT2D eigenvalue weighted by Gasteiger charge is 2.45. The molecule has 31 heavy (non-hydrogen) atoms. The number of nitrogen functional groups attached to an aromatic ring is 1. The number of hydrogen-bond acceptors (Lipinski definition) is 6. The molecule has 2 aromatic carbocycles. The van der Waals surface area contributed by atoms with E-state index in [1.54, 1.807) is 21.1 Å². The van der Waals surface area contributed by atoms with Crippen LogP contribution in [0.1, 0.15) is 41.3 Å². The zero-order valence-electron chi connectivity index (χ0n) is 17.9. The Bertz CT molecular complexity index is 948. The molecule has 1 atom stereocenters. The third kappa shape index (κ3) is 4.77. The molecule has 0 bridgehead atoms. The molecule has 1 aliphatic carbocycles. The fraction of sp³-hybridized carbons (Fsp3) is 0.435. The average Bonchev–Trinajstić information content (AvgIpc) is 2.75. The number of hydrogen-bond donors (Lipinski definition) is 1. The van der Waals surface area contributed by atoms with E-state index in [1.165, 1.54) is 12.1 Å². The van der Waals surface area contributed by atoms with Gasteiger partial charge in [0.05, 0.1) is 28.3 Å². The summed E-state index contributed by atoms with van der Waals surface area (Å²) in [6.07, 6.45) is 2.10. The van der Waals surface area contributed by atoms with Crippen molar-refractivity contribution in [3.05, 3.63) is 57.1 Å². The van der Waals surface area contributed by atoms with Crippen molar-refractivity contribution in [3.63, 3.8) is 0 Å². The molecule has 0 aromatic heterocycles. The molecule has 0 aliphatic heterocycles. The molecular weight excluding hydrogens is 441 g/mol. The SMILES string of the molecule is CCOC(=O)c1cc(N)c(OC[C@@]2(C(OC)OC)CCCc3cc(Cl)ccc32)cc1Cl. The Morgan fingerprint density at radius 2 is 1.94 bits per heavy atom.